The van der Waals surface area contributed by atoms with Gasteiger partial charge in [0.05, 0.1) is 31.9 Å². The zero-order valence-electron chi connectivity index (χ0n) is 11.3. The number of morpholine rings is 1. The smallest absolute Gasteiger partial charge is 0.308 e. The van der Waals surface area contributed by atoms with E-state index in [2.05, 4.69) is 20.8 Å². The van der Waals surface area contributed by atoms with Crippen molar-refractivity contribution < 1.29 is 14.3 Å². The second-order valence-corrected chi connectivity index (χ2v) is 5.71. The van der Waals surface area contributed by atoms with E-state index in [4.69, 9.17) is 4.74 Å². The van der Waals surface area contributed by atoms with Gasteiger partial charge in [0.1, 0.15) is 0 Å². The summed E-state index contributed by atoms with van der Waals surface area (Å²) in [5, 5.41) is 2.02. The van der Waals surface area contributed by atoms with Crippen LogP contribution in [0, 0.1) is 0 Å². The molecule has 0 spiro atoms. The molecule has 3 heterocycles. The predicted octanol–water partition coefficient (Wildman–Crippen LogP) is 1.16. The Morgan fingerprint density at radius 1 is 1.65 bits per heavy atom. The first kappa shape index (κ1) is 13.5. The molecule has 2 aromatic rings. The normalized spacial score (nSPS) is 20.4. The summed E-state index contributed by atoms with van der Waals surface area (Å²) in [5.74, 6) is -0.223. The Hall–Kier alpha value is -1.44. The second kappa shape index (κ2) is 5.90. The molecule has 0 unspecified atom stereocenters. The van der Waals surface area contributed by atoms with E-state index in [1.165, 1.54) is 7.11 Å². The molecule has 0 aromatic carbocycles. The van der Waals surface area contributed by atoms with Gasteiger partial charge in [-0.3, -0.25) is 14.1 Å². The molecular weight excluding hydrogens is 278 g/mol. The molecule has 2 aromatic heterocycles. The lowest BCUT2D eigenvalue weighted by Crippen LogP contribution is -2.42. The van der Waals surface area contributed by atoms with E-state index < -0.39 is 0 Å². The third kappa shape index (κ3) is 3.00. The minimum absolute atomic E-state index is 0.0834. The van der Waals surface area contributed by atoms with Gasteiger partial charge in [-0.25, -0.2) is 4.98 Å². The Kier molecular flexibility index (Phi) is 4.00. The van der Waals surface area contributed by atoms with Gasteiger partial charge in [-0.15, -0.1) is 11.3 Å². The van der Waals surface area contributed by atoms with Crippen LogP contribution in [0.2, 0.25) is 0 Å². The number of nitrogens with zero attached hydrogens (tertiary/aromatic N) is 3. The lowest BCUT2D eigenvalue weighted by molar-refractivity contribution is -0.145. The number of rotatable bonds is 4. The van der Waals surface area contributed by atoms with Crippen LogP contribution in [0.1, 0.15) is 12.1 Å². The van der Waals surface area contributed by atoms with Crippen molar-refractivity contribution in [3.05, 3.63) is 23.5 Å². The minimum Gasteiger partial charge on any atom is -0.469 e. The first-order valence-corrected chi connectivity index (χ1v) is 7.44. The van der Waals surface area contributed by atoms with Crippen LogP contribution in [0.4, 0.5) is 0 Å². The van der Waals surface area contributed by atoms with E-state index in [1.54, 1.807) is 11.3 Å². The van der Waals surface area contributed by atoms with Crippen LogP contribution in [-0.2, 0) is 20.8 Å². The summed E-state index contributed by atoms with van der Waals surface area (Å²) >= 11 is 1.63. The number of aromatic nitrogens is 2. The van der Waals surface area contributed by atoms with Crippen molar-refractivity contribution in [3.63, 3.8) is 0 Å². The van der Waals surface area contributed by atoms with Crippen molar-refractivity contribution in [3.8, 4) is 0 Å². The van der Waals surface area contributed by atoms with E-state index in [0.717, 1.165) is 30.3 Å². The van der Waals surface area contributed by atoms with Crippen molar-refractivity contribution >= 4 is 22.3 Å². The highest BCUT2D eigenvalue weighted by molar-refractivity contribution is 7.15. The first-order chi connectivity index (χ1) is 9.74. The number of imidazole rings is 1. The van der Waals surface area contributed by atoms with Gasteiger partial charge in [0.15, 0.2) is 4.96 Å². The van der Waals surface area contributed by atoms with Gasteiger partial charge in [0, 0.05) is 37.4 Å². The average Bonchev–Trinajstić information content (AvgIpc) is 3.00. The SMILES string of the molecule is COC(=O)C[C@@H]1CN(Cc2cn3ccsc3n2)CCO1. The molecule has 6 nitrogen and oxygen atoms in total. The van der Waals surface area contributed by atoms with Crippen LogP contribution in [0.3, 0.4) is 0 Å². The van der Waals surface area contributed by atoms with Gasteiger partial charge in [0.2, 0.25) is 0 Å². The molecule has 0 saturated carbocycles. The highest BCUT2D eigenvalue weighted by atomic mass is 32.1. The van der Waals surface area contributed by atoms with Gasteiger partial charge >= 0.3 is 5.97 Å². The van der Waals surface area contributed by atoms with Crippen LogP contribution in [0.5, 0.6) is 0 Å². The number of hydrogen-bond acceptors (Lipinski definition) is 6. The van der Waals surface area contributed by atoms with Crippen molar-refractivity contribution in [1.29, 1.82) is 0 Å². The summed E-state index contributed by atoms with van der Waals surface area (Å²) in [7, 11) is 1.40. The lowest BCUT2D eigenvalue weighted by atomic mass is 10.2. The highest BCUT2D eigenvalue weighted by Gasteiger charge is 2.23. The fraction of sp³-hybridized carbons (Fsp3) is 0.538. The Bertz CT molecular complexity index is 566. The van der Waals surface area contributed by atoms with Crippen LogP contribution in [0.25, 0.3) is 4.96 Å². The van der Waals surface area contributed by atoms with Crippen LogP contribution < -0.4 is 0 Å². The van der Waals surface area contributed by atoms with Gasteiger partial charge in [-0.1, -0.05) is 0 Å². The van der Waals surface area contributed by atoms with Gasteiger partial charge in [0.25, 0.3) is 0 Å². The Labute approximate surface area is 120 Å². The second-order valence-electron chi connectivity index (χ2n) is 4.83. The Balaban J connectivity index is 1.59. The molecule has 0 aliphatic carbocycles. The summed E-state index contributed by atoms with van der Waals surface area (Å²) in [6.07, 6.45) is 4.29. The van der Waals surface area contributed by atoms with E-state index >= 15 is 0 Å². The summed E-state index contributed by atoms with van der Waals surface area (Å²) in [4.78, 5) is 19.1. The predicted molar refractivity (Wildman–Crippen MR) is 74.7 cm³/mol. The number of thiazole rings is 1. The summed E-state index contributed by atoms with van der Waals surface area (Å²) < 4.78 is 12.3. The van der Waals surface area contributed by atoms with Gasteiger partial charge < -0.3 is 9.47 Å². The van der Waals surface area contributed by atoms with Crippen molar-refractivity contribution in [1.82, 2.24) is 14.3 Å². The minimum atomic E-state index is -0.223. The van der Waals surface area contributed by atoms with Crippen molar-refractivity contribution in [2.75, 3.05) is 26.8 Å². The van der Waals surface area contributed by atoms with E-state index in [-0.39, 0.29) is 12.1 Å². The number of esters is 1. The highest BCUT2D eigenvalue weighted by Crippen LogP contribution is 2.15. The molecule has 1 aliphatic heterocycles. The van der Waals surface area contributed by atoms with E-state index in [0.29, 0.717) is 13.0 Å². The number of ether oxygens (including phenoxy) is 2. The molecular formula is C13H17N3O3S. The number of carbonyl (C=O) groups excluding carboxylic acids is 1. The molecule has 0 N–H and O–H groups in total. The number of methoxy groups -OCH3 is 1. The zero-order valence-corrected chi connectivity index (χ0v) is 12.1. The number of fused-ring (bicyclic) bond motifs is 1. The zero-order chi connectivity index (χ0) is 13.9. The number of hydrogen-bond donors (Lipinski definition) is 0. The third-order valence-corrected chi connectivity index (χ3v) is 4.14. The topological polar surface area (TPSA) is 56.1 Å². The van der Waals surface area contributed by atoms with E-state index in [1.807, 2.05) is 16.0 Å². The molecule has 7 heteroatoms. The maximum atomic E-state index is 11.3. The van der Waals surface area contributed by atoms with Crippen molar-refractivity contribution in [2.24, 2.45) is 0 Å². The van der Waals surface area contributed by atoms with Crippen LogP contribution in [-0.4, -0.2) is 53.2 Å². The standard InChI is InChI=1S/C13H17N3O3S/c1-18-12(17)6-11-9-15(2-4-19-11)7-10-8-16-3-5-20-13(16)14-10/h3,5,8,11H,2,4,6-7,9H2,1H3/t11-/m1/s1. The number of carbonyl (C=O) groups is 1. The molecule has 108 valence electrons. The fourth-order valence-corrected chi connectivity index (χ4v) is 3.12. The summed E-state index contributed by atoms with van der Waals surface area (Å²) in [5.41, 5.74) is 1.05. The summed E-state index contributed by atoms with van der Waals surface area (Å²) in [6.45, 7) is 3.03. The molecule has 1 fully saturated rings. The lowest BCUT2D eigenvalue weighted by Gasteiger charge is -2.31. The quantitative estimate of drug-likeness (QED) is 0.792. The molecule has 20 heavy (non-hydrogen) atoms. The molecule has 3 rings (SSSR count). The Morgan fingerprint density at radius 2 is 2.55 bits per heavy atom. The molecule has 0 amide bonds. The monoisotopic (exact) mass is 295 g/mol. The molecule has 0 bridgehead atoms. The van der Waals surface area contributed by atoms with Crippen LogP contribution >= 0.6 is 11.3 Å². The average molecular weight is 295 g/mol. The maximum Gasteiger partial charge on any atom is 0.308 e. The third-order valence-electron chi connectivity index (χ3n) is 3.37. The van der Waals surface area contributed by atoms with Crippen molar-refractivity contribution in [2.45, 2.75) is 19.1 Å². The molecule has 1 atom stereocenters. The maximum absolute atomic E-state index is 11.3. The Morgan fingerprint density at radius 3 is 3.35 bits per heavy atom. The van der Waals surface area contributed by atoms with Crippen LogP contribution in [0.15, 0.2) is 17.8 Å². The first-order valence-electron chi connectivity index (χ1n) is 6.56. The largest absolute Gasteiger partial charge is 0.469 e. The molecule has 1 saturated heterocycles. The van der Waals surface area contributed by atoms with E-state index in [9.17, 15) is 4.79 Å². The molecule has 0 radical (unpaired) electrons. The van der Waals surface area contributed by atoms with Gasteiger partial charge in [-0.2, -0.15) is 0 Å². The fourth-order valence-electron chi connectivity index (χ4n) is 2.40. The summed E-state index contributed by atoms with van der Waals surface area (Å²) in [6, 6.07) is 0. The molecule has 1 aliphatic rings. The van der Waals surface area contributed by atoms with Gasteiger partial charge in [-0.05, 0) is 0 Å².